The number of rotatable bonds is 7. The third kappa shape index (κ3) is 4.55. The number of aromatic hydroxyl groups is 1. The van der Waals surface area contributed by atoms with E-state index in [2.05, 4.69) is 5.32 Å². The quantitative estimate of drug-likeness (QED) is 0.590. The molecule has 0 bridgehead atoms. The SMILES string of the molecule is Cc1cccc(C(=O)NCCCOCCCl)c1O. The van der Waals surface area contributed by atoms with Crippen molar-refractivity contribution >= 4 is 17.5 Å². The number of nitrogens with one attached hydrogen (secondary N) is 1. The maximum Gasteiger partial charge on any atom is 0.255 e. The lowest BCUT2D eigenvalue weighted by Gasteiger charge is -2.08. The summed E-state index contributed by atoms with van der Waals surface area (Å²) < 4.78 is 5.18. The highest BCUT2D eigenvalue weighted by atomic mass is 35.5. The van der Waals surface area contributed by atoms with Crippen molar-refractivity contribution in [2.75, 3.05) is 25.6 Å². The number of alkyl halides is 1. The zero-order chi connectivity index (χ0) is 13.4. The van der Waals surface area contributed by atoms with Crippen LogP contribution in [0.3, 0.4) is 0 Å². The first-order chi connectivity index (χ1) is 8.66. The molecule has 1 aromatic rings. The van der Waals surface area contributed by atoms with Crippen LogP contribution >= 0.6 is 11.6 Å². The molecule has 1 rings (SSSR count). The van der Waals surface area contributed by atoms with Gasteiger partial charge >= 0.3 is 0 Å². The maximum absolute atomic E-state index is 11.8. The molecule has 0 aliphatic heterocycles. The molecular formula is C13H18ClNO3. The highest BCUT2D eigenvalue weighted by Crippen LogP contribution is 2.20. The molecule has 5 heteroatoms. The van der Waals surface area contributed by atoms with Gasteiger partial charge in [-0.1, -0.05) is 12.1 Å². The van der Waals surface area contributed by atoms with Crippen molar-refractivity contribution in [3.8, 4) is 5.75 Å². The predicted molar refractivity (Wildman–Crippen MR) is 71.3 cm³/mol. The standard InChI is InChI=1S/C13H18ClNO3/c1-10-4-2-5-11(12(10)16)13(17)15-7-3-8-18-9-6-14/h2,4-5,16H,3,6-9H2,1H3,(H,15,17). The number of hydrogen-bond donors (Lipinski definition) is 2. The van der Waals surface area contributed by atoms with Gasteiger partial charge in [0.1, 0.15) is 5.75 Å². The fraction of sp³-hybridized carbons (Fsp3) is 0.462. The van der Waals surface area contributed by atoms with Crippen molar-refractivity contribution in [1.29, 1.82) is 0 Å². The van der Waals surface area contributed by atoms with Crippen LogP contribution in [0.15, 0.2) is 18.2 Å². The Morgan fingerprint density at radius 1 is 1.44 bits per heavy atom. The summed E-state index contributed by atoms with van der Waals surface area (Å²) in [4.78, 5) is 11.8. The van der Waals surface area contributed by atoms with E-state index in [4.69, 9.17) is 16.3 Å². The number of hydrogen-bond acceptors (Lipinski definition) is 3. The number of halogens is 1. The van der Waals surface area contributed by atoms with Crippen LogP contribution in [-0.4, -0.2) is 36.7 Å². The van der Waals surface area contributed by atoms with Gasteiger partial charge in [-0.25, -0.2) is 0 Å². The predicted octanol–water partition coefficient (Wildman–Crippen LogP) is 2.08. The van der Waals surface area contributed by atoms with Gasteiger partial charge in [-0.05, 0) is 25.0 Å². The monoisotopic (exact) mass is 271 g/mol. The smallest absolute Gasteiger partial charge is 0.255 e. The molecule has 0 heterocycles. The van der Waals surface area contributed by atoms with Gasteiger partial charge in [0, 0.05) is 19.0 Å². The van der Waals surface area contributed by atoms with E-state index in [1.165, 1.54) is 0 Å². The lowest BCUT2D eigenvalue weighted by Crippen LogP contribution is -2.25. The van der Waals surface area contributed by atoms with Crippen molar-refractivity contribution in [1.82, 2.24) is 5.32 Å². The molecule has 0 unspecified atom stereocenters. The van der Waals surface area contributed by atoms with E-state index in [-0.39, 0.29) is 11.7 Å². The van der Waals surface area contributed by atoms with E-state index >= 15 is 0 Å². The van der Waals surface area contributed by atoms with Gasteiger partial charge < -0.3 is 15.2 Å². The van der Waals surface area contributed by atoms with Gasteiger partial charge in [0.05, 0.1) is 12.2 Å². The van der Waals surface area contributed by atoms with E-state index in [9.17, 15) is 9.90 Å². The summed E-state index contributed by atoms with van der Waals surface area (Å²) in [6.45, 7) is 3.35. The van der Waals surface area contributed by atoms with Gasteiger partial charge in [0.15, 0.2) is 0 Å². The Balaban J connectivity index is 2.35. The lowest BCUT2D eigenvalue weighted by atomic mass is 10.1. The van der Waals surface area contributed by atoms with Crippen molar-refractivity contribution in [2.45, 2.75) is 13.3 Å². The van der Waals surface area contributed by atoms with Crippen LogP contribution in [-0.2, 0) is 4.74 Å². The molecule has 0 fully saturated rings. The molecule has 1 aromatic carbocycles. The van der Waals surface area contributed by atoms with E-state index in [0.29, 0.717) is 36.8 Å². The van der Waals surface area contributed by atoms with Crippen LogP contribution < -0.4 is 5.32 Å². The number of benzene rings is 1. The number of aryl methyl sites for hydroxylation is 1. The maximum atomic E-state index is 11.8. The summed E-state index contributed by atoms with van der Waals surface area (Å²) in [7, 11) is 0. The molecule has 18 heavy (non-hydrogen) atoms. The minimum absolute atomic E-state index is 0.0355. The molecule has 0 aromatic heterocycles. The second-order valence-corrected chi connectivity index (χ2v) is 4.26. The minimum Gasteiger partial charge on any atom is -0.507 e. The van der Waals surface area contributed by atoms with Gasteiger partial charge in [-0.2, -0.15) is 0 Å². The summed E-state index contributed by atoms with van der Waals surface area (Å²) in [6.07, 6.45) is 0.717. The molecule has 0 aliphatic carbocycles. The first kappa shape index (κ1) is 14.8. The molecule has 0 radical (unpaired) electrons. The number of amides is 1. The Morgan fingerprint density at radius 3 is 2.94 bits per heavy atom. The average molecular weight is 272 g/mol. The number of carbonyl (C=O) groups excluding carboxylic acids is 1. The molecule has 1 amide bonds. The van der Waals surface area contributed by atoms with E-state index in [1.54, 1.807) is 25.1 Å². The first-order valence-corrected chi connectivity index (χ1v) is 6.40. The molecular weight excluding hydrogens is 254 g/mol. The zero-order valence-electron chi connectivity index (χ0n) is 10.4. The van der Waals surface area contributed by atoms with Gasteiger partial charge in [-0.3, -0.25) is 4.79 Å². The zero-order valence-corrected chi connectivity index (χ0v) is 11.2. The Morgan fingerprint density at radius 2 is 2.22 bits per heavy atom. The second kappa shape index (κ2) is 7.95. The fourth-order valence-electron chi connectivity index (χ4n) is 1.47. The summed E-state index contributed by atoms with van der Waals surface area (Å²) in [5, 5.41) is 12.5. The van der Waals surface area contributed by atoms with Crippen LogP contribution in [0, 0.1) is 6.92 Å². The third-order valence-corrected chi connectivity index (χ3v) is 2.61. The van der Waals surface area contributed by atoms with Crippen LogP contribution in [0.25, 0.3) is 0 Å². The van der Waals surface area contributed by atoms with E-state index in [1.807, 2.05) is 0 Å². The molecule has 0 atom stereocenters. The molecule has 0 aliphatic rings. The van der Waals surface area contributed by atoms with Crippen molar-refractivity contribution < 1.29 is 14.6 Å². The summed E-state index contributed by atoms with van der Waals surface area (Å²) in [5.74, 6) is 0.241. The molecule has 2 N–H and O–H groups in total. The van der Waals surface area contributed by atoms with Crippen LogP contribution in [0.1, 0.15) is 22.3 Å². The van der Waals surface area contributed by atoms with E-state index < -0.39 is 0 Å². The largest absolute Gasteiger partial charge is 0.507 e. The van der Waals surface area contributed by atoms with Crippen molar-refractivity contribution in [3.63, 3.8) is 0 Å². The van der Waals surface area contributed by atoms with Gasteiger partial charge in [-0.15, -0.1) is 11.6 Å². The van der Waals surface area contributed by atoms with Gasteiger partial charge in [0.25, 0.3) is 5.91 Å². The highest BCUT2D eigenvalue weighted by Gasteiger charge is 2.11. The molecule has 0 spiro atoms. The topological polar surface area (TPSA) is 58.6 Å². The minimum atomic E-state index is -0.270. The summed E-state index contributed by atoms with van der Waals surface area (Å²) in [5.41, 5.74) is 0.991. The Labute approximate surface area is 112 Å². The average Bonchev–Trinajstić information content (AvgIpc) is 2.36. The van der Waals surface area contributed by atoms with Crippen LogP contribution in [0.4, 0.5) is 0 Å². The third-order valence-electron chi connectivity index (χ3n) is 2.45. The number of ether oxygens (including phenoxy) is 1. The molecule has 4 nitrogen and oxygen atoms in total. The Kier molecular flexibility index (Phi) is 6.54. The normalized spacial score (nSPS) is 10.3. The lowest BCUT2D eigenvalue weighted by molar-refractivity contribution is 0.0941. The van der Waals surface area contributed by atoms with Crippen LogP contribution in [0.2, 0.25) is 0 Å². The van der Waals surface area contributed by atoms with Crippen molar-refractivity contribution in [3.05, 3.63) is 29.3 Å². The second-order valence-electron chi connectivity index (χ2n) is 3.88. The number of carbonyl (C=O) groups is 1. The molecule has 0 saturated carbocycles. The Hall–Kier alpha value is -1.26. The number of phenols is 1. The van der Waals surface area contributed by atoms with E-state index in [0.717, 1.165) is 6.42 Å². The van der Waals surface area contributed by atoms with Crippen LogP contribution in [0.5, 0.6) is 5.75 Å². The summed E-state index contributed by atoms with van der Waals surface area (Å²) >= 11 is 5.45. The molecule has 0 saturated heterocycles. The summed E-state index contributed by atoms with van der Waals surface area (Å²) in [6, 6.07) is 5.10. The number of phenolic OH excluding ortho intramolecular Hbond substituents is 1. The highest BCUT2D eigenvalue weighted by molar-refractivity contribution is 6.17. The van der Waals surface area contributed by atoms with Crippen molar-refractivity contribution in [2.24, 2.45) is 0 Å². The number of para-hydroxylation sites is 1. The Bertz CT molecular complexity index is 396. The molecule has 100 valence electrons. The van der Waals surface area contributed by atoms with Gasteiger partial charge in [0.2, 0.25) is 0 Å². The first-order valence-electron chi connectivity index (χ1n) is 5.87. The fourth-order valence-corrected chi connectivity index (χ4v) is 1.58.